The Balaban J connectivity index is 1.35. The molecule has 0 amide bonds. The molecule has 156 valence electrons. The summed E-state index contributed by atoms with van der Waals surface area (Å²) in [7, 11) is 0. The maximum atomic E-state index is 6.18. The first-order chi connectivity index (χ1) is 14.6. The van der Waals surface area contributed by atoms with Crippen LogP contribution < -0.4 is 10.6 Å². The van der Waals surface area contributed by atoms with Crippen LogP contribution in [0.3, 0.4) is 0 Å². The van der Waals surface area contributed by atoms with Crippen molar-refractivity contribution in [1.82, 2.24) is 29.6 Å². The third-order valence-electron chi connectivity index (χ3n) is 5.54. The largest absolute Gasteiger partial charge is 0.463 e. The van der Waals surface area contributed by atoms with Crippen molar-refractivity contribution in [1.29, 1.82) is 0 Å². The van der Waals surface area contributed by atoms with Crippen LogP contribution >= 0.6 is 0 Å². The number of rotatable bonds is 4. The average Bonchev–Trinajstić information content (AvgIpc) is 3.43. The van der Waals surface area contributed by atoms with E-state index < -0.39 is 0 Å². The summed E-state index contributed by atoms with van der Waals surface area (Å²) in [6.45, 7) is 8.37. The zero-order valence-electron chi connectivity index (χ0n) is 17.1. The molecule has 5 heterocycles. The van der Waals surface area contributed by atoms with Crippen molar-refractivity contribution in [3.63, 3.8) is 0 Å². The van der Waals surface area contributed by atoms with Gasteiger partial charge < -0.3 is 19.6 Å². The quantitative estimate of drug-likeness (QED) is 0.543. The Morgan fingerprint density at radius 2 is 2.03 bits per heavy atom. The molecule has 10 nitrogen and oxygen atoms in total. The Labute approximate surface area is 173 Å². The Morgan fingerprint density at radius 1 is 1.13 bits per heavy atom. The van der Waals surface area contributed by atoms with Crippen LogP contribution in [0.25, 0.3) is 17.1 Å². The molecule has 1 saturated heterocycles. The van der Waals surface area contributed by atoms with Crippen LogP contribution in [0.2, 0.25) is 0 Å². The standard InChI is InChI=1S/C20H24N8O2/c1-13-15(14(2)30-25-13)12-26-6-4-7-27(9-8-26)20-22-18-11-16(17-5-3-10-29-17)24-28(18)19(21)23-20/h3,5,10-11H,4,6-9,12H2,1-2H3,(H2,21,22,23). The molecule has 0 spiro atoms. The summed E-state index contributed by atoms with van der Waals surface area (Å²) in [6, 6.07) is 5.54. The zero-order valence-corrected chi connectivity index (χ0v) is 17.1. The number of aromatic nitrogens is 5. The first kappa shape index (κ1) is 18.6. The number of hydrogen-bond donors (Lipinski definition) is 1. The second-order valence-electron chi connectivity index (χ2n) is 7.58. The summed E-state index contributed by atoms with van der Waals surface area (Å²) in [5.41, 5.74) is 9.66. The van der Waals surface area contributed by atoms with Crippen molar-refractivity contribution < 1.29 is 8.94 Å². The Bertz CT molecular complexity index is 1140. The molecule has 0 aromatic carbocycles. The van der Waals surface area contributed by atoms with Crippen molar-refractivity contribution in [2.75, 3.05) is 36.8 Å². The van der Waals surface area contributed by atoms with Gasteiger partial charge in [-0.25, -0.2) is 0 Å². The smallest absolute Gasteiger partial charge is 0.230 e. The van der Waals surface area contributed by atoms with E-state index in [4.69, 9.17) is 19.7 Å². The molecule has 0 bridgehead atoms. The number of fused-ring (bicyclic) bond motifs is 1. The van der Waals surface area contributed by atoms with Crippen LogP contribution in [-0.2, 0) is 6.54 Å². The summed E-state index contributed by atoms with van der Waals surface area (Å²) in [5, 5.41) is 8.53. The maximum Gasteiger partial charge on any atom is 0.230 e. The van der Waals surface area contributed by atoms with Crippen LogP contribution in [0.1, 0.15) is 23.4 Å². The van der Waals surface area contributed by atoms with Gasteiger partial charge in [0.1, 0.15) is 11.5 Å². The SMILES string of the molecule is Cc1noc(C)c1CN1CCCN(c2nc(N)n3nc(-c4ccco4)cc3n2)CC1. The predicted octanol–water partition coefficient (Wildman–Crippen LogP) is 2.28. The van der Waals surface area contributed by atoms with Crippen LogP contribution in [0.15, 0.2) is 33.4 Å². The van der Waals surface area contributed by atoms with E-state index in [0.29, 0.717) is 29.0 Å². The van der Waals surface area contributed by atoms with Crippen LogP contribution in [-0.4, -0.2) is 55.8 Å². The van der Waals surface area contributed by atoms with Gasteiger partial charge in [0.15, 0.2) is 11.4 Å². The van der Waals surface area contributed by atoms with Gasteiger partial charge in [-0.1, -0.05) is 5.16 Å². The van der Waals surface area contributed by atoms with Gasteiger partial charge in [0, 0.05) is 44.4 Å². The molecule has 1 aliphatic heterocycles. The molecule has 30 heavy (non-hydrogen) atoms. The molecule has 4 aromatic rings. The number of nitrogens with two attached hydrogens (primary N) is 1. The molecule has 4 aromatic heterocycles. The minimum atomic E-state index is 0.310. The lowest BCUT2D eigenvalue weighted by molar-refractivity contribution is 0.282. The van der Waals surface area contributed by atoms with Crippen molar-refractivity contribution in [3.8, 4) is 11.5 Å². The van der Waals surface area contributed by atoms with E-state index in [9.17, 15) is 0 Å². The van der Waals surface area contributed by atoms with Crippen molar-refractivity contribution in [2.45, 2.75) is 26.8 Å². The second-order valence-corrected chi connectivity index (χ2v) is 7.58. The van der Waals surface area contributed by atoms with Crippen molar-refractivity contribution in [2.24, 2.45) is 0 Å². The first-order valence-electron chi connectivity index (χ1n) is 10.0. The van der Waals surface area contributed by atoms with E-state index in [1.807, 2.05) is 32.0 Å². The molecule has 0 radical (unpaired) electrons. The molecule has 0 aliphatic carbocycles. The number of aryl methyl sites for hydroxylation is 2. The van der Waals surface area contributed by atoms with Gasteiger partial charge in [-0.3, -0.25) is 4.90 Å². The van der Waals surface area contributed by atoms with Crippen LogP contribution in [0.5, 0.6) is 0 Å². The number of hydrogen-bond acceptors (Lipinski definition) is 9. The van der Waals surface area contributed by atoms with Gasteiger partial charge >= 0.3 is 0 Å². The lowest BCUT2D eigenvalue weighted by Crippen LogP contribution is -2.32. The highest BCUT2D eigenvalue weighted by atomic mass is 16.5. The highest BCUT2D eigenvalue weighted by molar-refractivity contribution is 5.61. The summed E-state index contributed by atoms with van der Waals surface area (Å²) in [4.78, 5) is 13.8. The number of nitrogen functional groups attached to an aromatic ring is 1. The fourth-order valence-corrected chi connectivity index (χ4v) is 3.86. The molecular formula is C20H24N8O2. The lowest BCUT2D eigenvalue weighted by atomic mass is 10.2. The topological polar surface area (TPSA) is 115 Å². The zero-order chi connectivity index (χ0) is 20.7. The molecule has 2 N–H and O–H groups in total. The van der Waals surface area contributed by atoms with Gasteiger partial charge in [0.2, 0.25) is 11.9 Å². The molecule has 1 fully saturated rings. The van der Waals surface area contributed by atoms with Gasteiger partial charge in [-0.2, -0.15) is 19.6 Å². The molecule has 1 aliphatic rings. The van der Waals surface area contributed by atoms with E-state index in [1.54, 1.807) is 10.8 Å². The molecule has 0 atom stereocenters. The fourth-order valence-electron chi connectivity index (χ4n) is 3.86. The highest BCUT2D eigenvalue weighted by Gasteiger charge is 2.21. The third kappa shape index (κ3) is 3.39. The van der Waals surface area contributed by atoms with Crippen molar-refractivity contribution in [3.05, 3.63) is 41.5 Å². The second kappa shape index (κ2) is 7.45. The summed E-state index contributed by atoms with van der Waals surface area (Å²) in [6.07, 6.45) is 2.63. The minimum absolute atomic E-state index is 0.310. The van der Waals surface area contributed by atoms with E-state index >= 15 is 0 Å². The van der Waals surface area contributed by atoms with Gasteiger partial charge in [0.05, 0.1) is 12.0 Å². The van der Waals surface area contributed by atoms with Crippen LogP contribution in [0, 0.1) is 13.8 Å². The number of nitrogens with zero attached hydrogens (tertiary/aromatic N) is 7. The molecule has 5 rings (SSSR count). The predicted molar refractivity (Wildman–Crippen MR) is 111 cm³/mol. The monoisotopic (exact) mass is 408 g/mol. The molecular weight excluding hydrogens is 384 g/mol. The van der Waals surface area contributed by atoms with Gasteiger partial charge in [-0.05, 0) is 32.4 Å². The Kier molecular flexibility index (Phi) is 4.62. The summed E-state index contributed by atoms with van der Waals surface area (Å²) < 4.78 is 12.3. The van der Waals surface area contributed by atoms with Crippen molar-refractivity contribution >= 4 is 17.5 Å². The highest BCUT2D eigenvalue weighted by Crippen LogP contribution is 2.23. The van der Waals surface area contributed by atoms with E-state index in [0.717, 1.165) is 50.6 Å². The summed E-state index contributed by atoms with van der Waals surface area (Å²) in [5.74, 6) is 2.50. The third-order valence-corrected chi connectivity index (χ3v) is 5.54. The van der Waals surface area contributed by atoms with Gasteiger partial charge in [0.25, 0.3) is 0 Å². The van der Waals surface area contributed by atoms with E-state index in [2.05, 4.69) is 25.0 Å². The molecule has 0 saturated carbocycles. The van der Waals surface area contributed by atoms with E-state index in [1.165, 1.54) is 5.56 Å². The molecule has 10 heteroatoms. The minimum Gasteiger partial charge on any atom is -0.463 e. The number of furan rings is 1. The Hall–Kier alpha value is -3.40. The summed E-state index contributed by atoms with van der Waals surface area (Å²) >= 11 is 0. The fraction of sp³-hybridized carbons (Fsp3) is 0.400. The number of anilines is 2. The first-order valence-corrected chi connectivity index (χ1v) is 10.0. The maximum absolute atomic E-state index is 6.18. The molecule has 0 unspecified atom stereocenters. The Morgan fingerprint density at radius 3 is 2.80 bits per heavy atom. The van der Waals surface area contributed by atoms with E-state index in [-0.39, 0.29) is 0 Å². The van der Waals surface area contributed by atoms with Gasteiger partial charge in [-0.15, -0.1) is 0 Å². The normalized spacial score (nSPS) is 15.7. The lowest BCUT2D eigenvalue weighted by Gasteiger charge is -2.22. The van der Waals surface area contributed by atoms with Crippen LogP contribution in [0.4, 0.5) is 11.9 Å². The average molecular weight is 408 g/mol.